The van der Waals surface area contributed by atoms with E-state index in [0.29, 0.717) is 29.0 Å². The number of aromatic nitrogens is 2. The summed E-state index contributed by atoms with van der Waals surface area (Å²) < 4.78 is 5.62. The molecule has 1 aromatic carbocycles. The van der Waals surface area contributed by atoms with Gasteiger partial charge in [0.15, 0.2) is 0 Å². The zero-order valence-corrected chi connectivity index (χ0v) is 21.8. The molecule has 0 unspecified atom stereocenters. The van der Waals surface area contributed by atoms with E-state index in [4.69, 9.17) is 26.9 Å². The van der Waals surface area contributed by atoms with Crippen LogP contribution in [0.15, 0.2) is 31.0 Å². The Labute approximate surface area is 208 Å². The smallest absolute Gasteiger partial charge is 0.229 e. The summed E-state index contributed by atoms with van der Waals surface area (Å²) in [6.07, 6.45) is 5.58. The number of hydrogen-bond acceptors (Lipinski definition) is 9. The number of allylic oxidation sites excluding steroid dienone is 1. The molecule has 0 saturated carbocycles. The Balaban J connectivity index is 0.000000872. The largest absolute Gasteiger partial charge is 0.494 e. The van der Waals surface area contributed by atoms with Gasteiger partial charge in [-0.05, 0) is 39.1 Å². The van der Waals surface area contributed by atoms with Crippen LogP contribution < -0.4 is 26.0 Å². The summed E-state index contributed by atoms with van der Waals surface area (Å²) in [6.45, 7) is 9.12. The molecule has 0 atom stereocenters. The molecule has 2 aromatic rings. The van der Waals surface area contributed by atoms with E-state index in [0.717, 1.165) is 43.0 Å². The lowest BCUT2D eigenvalue weighted by Crippen LogP contribution is -2.42. The molecule has 0 radical (unpaired) electrons. The van der Waals surface area contributed by atoms with Crippen molar-refractivity contribution >= 4 is 46.7 Å². The second-order valence-electron chi connectivity index (χ2n) is 7.43. The number of carbonyl (C=O) groups is 1. The number of nitrogen functional groups attached to an aromatic ring is 1. The number of halogens is 1. The van der Waals surface area contributed by atoms with Crippen molar-refractivity contribution in [1.82, 2.24) is 14.9 Å². The van der Waals surface area contributed by atoms with Gasteiger partial charge in [-0.3, -0.25) is 4.79 Å². The summed E-state index contributed by atoms with van der Waals surface area (Å²) in [5.41, 5.74) is 8.66. The van der Waals surface area contributed by atoms with Crippen LogP contribution in [0, 0.1) is 0 Å². The standard InChI is InChI=1S/C19H28ClN7O.C3H4O.C2H6/c1-22-14-9-15(24-19-23-11-13(20)18(21)25-19)17(28-4)10-16(14)27-7-5-12(6-8-27)26(2)3;1-2-3-4;1-2/h9-12,22H,5-8H2,1-4H3,(H3,21,23,24,25);2-3H,1H2;1-2H3. The van der Waals surface area contributed by atoms with Crippen LogP contribution in [0.2, 0.25) is 5.02 Å². The van der Waals surface area contributed by atoms with Crippen LogP contribution in [-0.4, -0.2) is 68.5 Å². The quantitative estimate of drug-likeness (QED) is 0.382. The zero-order valence-electron chi connectivity index (χ0n) is 21.1. The summed E-state index contributed by atoms with van der Waals surface area (Å²) in [4.78, 5) is 22.1. The van der Waals surface area contributed by atoms with Crippen molar-refractivity contribution in [2.75, 3.05) is 62.6 Å². The summed E-state index contributed by atoms with van der Waals surface area (Å²) in [6, 6.07) is 4.67. The molecule has 2 heterocycles. The number of piperidine rings is 1. The fourth-order valence-corrected chi connectivity index (χ4v) is 3.57. The number of hydrogen-bond donors (Lipinski definition) is 3. The third-order valence-electron chi connectivity index (χ3n) is 5.24. The maximum absolute atomic E-state index is 9.06. The molecule has 10 heteroatoms. The SMILES string of the molecule is C=CC=O.CC.CNc1cc(Nc2ncc(Cl)c(N)n2)c(OC)cc1N1CCC(N(C)C)CC1. The van der Waals surface area contributed by atoms with Gasteiger partial charge in [0.05, 0.1) is 30.4 Å². The van der Waals surface area contributed by atoms with Crippen LogP contribution in [-0.2, 0) is 4.79 Å². The number of methoxy groups -OCH3 is 1. The third-order valence-corrected chi connectivity index (χ3v) is 5.53. The van der Waals surface area contributed by atoms with Crippen molar-refractivity contribution in [2.45, 2.75) is 32.7 Å². The molecule has 1 aliphatic heterocycles. The highest BCUT2D eigenvalue weighted by Gasteiger charge is 2.23. The van der Waals surface area contributed by atoms with E-state index in [9.17, 15) is 0 Å². The van der Waals surface area contributed by atoms with Crippen molar-refractivity contribution in [3.05, 3.63) is 36.0 Å². The molecular weight excluding hydrogens is 454 g/mol. The van der Waals surface area contributed by atoms with Crippen molar-refractivity contribution in [2.24, 2.45) is 0 Å². The Hall–Kier alpha value is -3.04. The fourth-order valence-electron chi connectivity index (χ4n) is 3.48. The van der Waals surface area contributed by atoms with Crippen molar-refractivity contribution < 1.29 is 9.53 Å². The van der Waals surface area contributed by atoms with Crippen LogP contribution in [0.1, 0.15) is 26.7 Å². The summed E-state index contributed by atoms with van der Waals surface area (Å²) in [5.74, 6) is 1.30. The molecule has 0 spiro atoms. The van der Waals surface area contributed by atoms with E-state index >= 15 is 0 Å². The van der Waals surface area contributed by atoms with Gasteiger partial charge in [-0.15, -0.1) is 0 Å². The van der Waals surface area contributed by atoms with Crippen molar-refractivity contribution in [1.29, 1.82) is 0 Å². The first-order chi connectivity index (χ1) is 16.3. The van der Waals surface area contributed by atoms with Crippen LogP contribution in [0.5, 0.6) is 5.75 Å². The van der Waals surface area contributed by atoms with Crippen LogP contribution in [0.25, 0.3) is 0 Å². The number of rotatable bonds is 7. The van der Waals surface area contributed by atoms with Crippen molar-refractivity contribution in [3.63, 3.8) is 0 Å². The highest BCUT2D eigenvalue weighted by Crippen LogP contribution is 2.39. The van der Waals surface area contributed by atoms with E-state index in [-0.39, 0.29) is 5.82 Å². The molecule has 0 bridgehead atoms. The Morgan fingerprint density at radius 2 is 1.88 bits per heavy atom. The minimum Gasteiger partial charge on any atom is -0.494 e. The Morgan fingerprint density at radius 1 is 1.26 bits per heavy atom. The Kier molecular flexibility index (Phi) is 12.8. The van der Waals surface area contributed by atoms with Gasteiger partial charge in [0, 0.05) is 32.2 Å². The Morgan fingerprint density at radius 3 is 2.35 bits per heavy atom. The molecular formula is C24H38ClN7O2. The molecule has 1 aromatic heterocycles. The number of aldehydes is 1. The summed E-state index contributed by atoms with van der Waals surface area (Å²) in [7, 11) is 7.86. The normalized spacial score (nSPS) is 13.1. The Bertz CT molecular complexity index is 910. The number of benzene rings is 1. The second-order valence-corrected chi connectivity index (χ2v) is 7.83. The predicted molar refractivity (Wildman–Crippen MR) is 144 cm³/mol. The highest BCUT2D eigenvalue weighted by atomic mass is 35.5. The van der Waals surface area contributed by atoms with Gasteiger partial charge in [-0.2, -0.15) is 4.98 Å². The van der Waals surface area contributed by atoms with Gasteiger partial charge in [0.1, 0.15) is 22.9 Å². The van der Waals surface area contributed by atoms with Gasteiger partial charge in [-0.1, -0.05) is 32.0 Å². The summed E-state index contributed by atoms with van der Waals surface area (Å²) >= 11 is 5.91. The number of anilines is 5. The average molecular weight is 492 g/mol. The molecule has 9 nitrogen and oxygen atoms in total. The lowest BCUT2D eigenvalue weighted by atomic mass is 10.0. The van der Waals surface area contributed by atoms with Crippen LogP contribution in [0.4, 0.5) is 28.8 Å². The molecule has 3 rings (SSSR count). The van der Waals surface area contributed by atoms with Gasteiger partial charge >= 0.3 is 0 Å². The molecule has 34 heavy (non-hydrogen) atoms. The number of nitrogens with zero attached hydrogens (tertiary/aromatic N) is 4. The van der Waals surface area contributed by atoms with E-state index < -0.39 is 0 Å². The lowest BCUT2D eigenvalue weighted by Gasteiger charge is -2.37. The first-order valence-corrected chi connectivity index (χ1v) is 11.6. The van der Waals surface area contributed by atoms with E-state index in [2.05, 4.69) is 51.1 Å². The average Bonchev–Trinajstić information content (AvgIpc) is 2.87. The van der Waals surface area contributed by atoms with E-state index in [1.165, 1.54) is 12.3 Å². The van der Waals surface area contributed by atoms with Gasteiger partial charge < -0.3 is 30.9 Å². The number of ether oxygens (including phenoxy) is 1. The zero-order chi connectivity index (χ0) is 25.7. The number of nitrogens with one attached hydrogen (secondary N) is 2. The highest BCUT2D eigenvalue weighted by molar-refractivity contribution is 6.32. The first-order valence-electron chi connectivity index (χ1n) is 11.3. The maximum Gasteiger partial charge on any atom is 0.229 e. The van der Waals surface area contributed by atoms with Crippen LogP contribution in [0.3, 0.4) is 0 Å². The lowest BCUT2D eigenvalue weighted by molar-refractivity contribution is -0.104. The van der Waals surface area contributed by atoms with Gasteiger partial charge in [0.25, 0.3) is 0 Å². The van der Waals surface area contributed by atoms with Gasteiger partial charge in [-0.25, -0.2) is 4.98 Å². The van der Waals surface area contributed by atoms with Gasteiger partial charge in [0.2, 0.25) is 5.95 Å². The number of nitrogens with two attached hydrogens (primary N) is 1. The summed E-state index contributed by atoms with van der Waals surface area (Å²) in [5, 5.41) is 6.78. The van der Waals surface area contributed by atoms with E-state index in [1.807, 2.05) is 33.0 Å². The molecule has 188 valence electrons. The first kappa shape index (κ1) is 29.0. The van der Waals surface area contributed by atoms with Crippen molar-refractivity contribution in [3.8, 4) is 5.75 Å². The maximum atomic E-state index is 9.06. The molecule has 0 amide bonds. The number of carbonyl (C=O) groups excluding carboxylic acids is 1. The third kappa shape index (κ3) is 8.07. The predicted octanol–water partition coefficient (Wildman–Crippen LogP) is 4.43. The molecule has 0 aliphatic carbocycles. The van der Waals surface area contributed by atoms with Crippen LogP contribution >= 0.6 is 11.6 Å². The topological polar surface area (TPSA) is 109 Å². The molecule has 1 saturated heterocycles. The minimum atomic E-state index is 0.229. The minimum absolute atomic E-state index is 0.229. The monoisotopic (exact) mass is 491 g/mol. The van der Waals surface area contributed by atoms with E-state index in [1.54, 1.807) is 7.11 Å². The molecule has 1 fully saturated rings. The molecule has 1 aliphatic rings. The second kappa shape index (κ2) is 15.0. The molecule has 4 N–H and O–H groups in total. The fraction of sp³-hybridized carbons (Fsp3) is 0.458.